The van der Waals surface area contributed by atoms with Crippen molar-refractivity contribution in [2.24, 2.45) is 5.92 Å². The number of piperidine rings is 1. The van der Waals surface area contributed by atoms with E-state index in [1.54, 1.807) is 11.0 Å². The van der Waals surface area contributed by atoms with Crippen LogP contribution in [0, 0.1) is 12.8 Å². The Hall–Kier alpha value is -2.08. The summed E-state index contributed by atoms with van der Waals surface area (Å²) in [6, 6.07) is 7.72. The highest BCUT2D eigenvalue weighted by molar-refractivity contribution is 8.18. The quantitative estimate of drug-likeness (QED) is 0.778. The number of thioether (sulfide) groups is 1. The summed E-state index contributed by atoms with van der Waals surface area (Å²) in [6.07, 6.45) is 3.65. The summed E-state index contributed by atoms with van der Waals surface area (Å²) in [5, 5.41) is -0.373. The number of rotatable bonds is 3. The number of carbonyl (C=O) groups is 3. The van der Waals surface area contributed by atoms with Crippen LogP contribution in [0.4, 0.5) is 4.79 Å². The van der Waals surface area contributed by atoms with Gasteiger partial charge in [-0.1, -0.05) is 36.8 Å². The number of imide groups is 1. The van der Waals surface area contributed by atoms with Crippen molar-refractivity contribution in [1.82, 2.24) is 9.80 Å². The number of benzene rings is 1. The second kappa shape index (κ2) is 7.44. The predicted octanol–water partition coefficient (Wildman–Crippen LogP) is 3.29. The van der Waals surface area contributed by atoms with E-state index in [0.717, 1.165) is 40.6 Å². The smallest absolute Gasteiger partial charge is 0.294 e. The lowest BCUT2D eigenvalue weighted by Gasteiger charge is -2.31. The van der Waals surface area contributed by atoms with Crippen molar-refractivity contribution in [3.05, 3.63) is 40.3 Å². The molecule has 132 valence electrons. The first-order chi connectivity index (χ1) is 11.9. The van der Waals surface area contributed by atoms with Crippen molar-refractivity contribution in [3.8, 4) is 0 Å². The molecule has 6 heteroatoms. The Morgan fingerprint density at radius 3 is 2.48 bits per heavy atom. The normalized spacial score (nSPS) is 20.6. The maximum absolute atomic E-state index is 12.5. The molecule has 3 rings (SSSR count). The number of amides is 3. The van der Waals surface area contributed by atoms with Gasteiger partial charge < -0.3 is 4.90 Å². The molecule has 0 unspecified atom stereocenters. The molecular weight excluding hydrogens is 336 g/mol. The van der Waals surface area contributed by atoms with Crippen LogP contribution in [0.5, 0.6) is 0 Å². The molecule has 2 fully saturated rings. The molecule has 2 aliphatic heterocycles. The maximum Gasteiger partial charge on any atom is 0.294 e. The summed E-state index contributed by atoms with van der Waals surface area (Å²) in [5.41, 5.74) is 2.00. The van der Waals surface area contributed by atoms with E-state index in [1.165, 1.54) is 0 Å². The van der Waals surface area contributed by atoms with Crippen molar-refractivity contribution >= 4 is 34.9 Å². The molecule has 2 aliphatic rings. The van der Waals surface area contributed by atoms with Crippen LogP contribution in [0.1, 0.15) is 30.9 Å². The third-order valence-corrected chi connectivity index (χ3v) is 5.59. The first kappa shape index (κ1) is 17.7. The van der Waals surface area contributed by atoms with Crippen LogP contribution >= 0.6 is 11.8 Å². The number of carbonyl (C=O) groups excluding carboxylic acids is 3. The largest absolute Gasteiger partial charge is 0.341 e. The summed E-state index contributed by atoms with van der Waals surface area (Å²) < 4.78 is 0. The Morgan fingerprint density at radius 2 is 1.84 bits per heavy atom. The molecule has 0 atom stereocenters. The first-order valence-electron chi connectivity index (χ1n) is 8.54. The number of nitrogens with zero attached hydrogens (tertiary/aromatic N) is 2. The lowest BCUT2D eigenvalue weighted by atomic mass is 9.99. The van der Waals surface area contributed by atoms with Gasteiger partial charge in [-0.25, -0.2) is 0 Å². The van der Waals surface area contributed by atoms with Gasteiger partial charge in [-0.3, -0.25) is 19.3 Å². The number of aryl methyl sites for hydroxylation is 1. The molecule has 0 N–H and O–H groups in total. The van der Waals surface area contributed by atoms with Crippen LogP contribution < -0.4 is 0 Å². The fourth-order valence-corrected chi connectivity index (χ4v) is 3.78. The zero-order valence-corrected chi connectivity index (χ0v) is 15.3. The summed E-state index contributed by atoms with van der Waals surface area (Å²) >= 11 is 0.898. The van der Waals surface area contributed by atoms with Crippen LogP contribution in [0.2, 0.25) is 0 Å². The van der Waals surface area contributed by atoms with Crippen LogP contribution in [-0.4, -0.2) is 46.5 Å². The third kappa shape index (κ3) is 4.12. The Kier molecular flexibility index (Phi) is 5.27. The van der Waals surface area contributed by atoms with Gasteiger partial charge in [0.1, 0.15) is 6.54 Å². The Labute approximate surface area is 152 Å². The van der Waals surface area contributed by atoms with E-state index in [0.29, 0.717) is 23.9 Å². The highest BCUT2D eigenvalue weighted by Gasteiger charge is 2.37. The van der Waals surface area contributed by atoms with Crippen molar-refractivity contribution in [3.63, 3.8) is 0 Å². The predicted molar refractivity (Wildman–Crippen MR) is 98.8 cm³/mol. The van der Waals surface area contributed by atoms with Crippen molar-refractivity contribution < 1.29 is 14.4 Å². The molecule has 25 heavy (non-hydrogen) atoms. The summed E-state index contributed by atoms with van der Waals surface area (Å²) in [4.78, 5) is 40.3. The average Bonchev–Trinajstić information content (AvgIpc) is 2.85. The van der Waals surface area contributed by atoms with Crippen LogP contribution in [0.25, 0.3) is 6.08 Å². The average molecular weight is 358 g/mol. The van der Waals surface area contributed by atoms with Gasteiger partial charge in [-0.2, -0.15) is 0 Å². The SMILES string of the molecule is Cc1ccc(/C=C2/SC(=O)N(CC(=O)N3CCC(C)CC3)C2=O)cc1. The van der Waals surface area contributed by atoms with E-state index in [9.17, 15) is 14.4 Å². The lowest BCUT2D eigenvalue weighted by molar-refractivity contribution is -0.136. The van der Waals surface area contributed by atoms with Gasteiger partial charge in [-0.05, 0) is 49.1 Å². The van der Waals surface area contributed by atoms with Gasteiger partial charge in [0, 0.05) is 13.1 Å². The third-order valence-electron chi connectivity index (χ3n) is 4.68. The van der Waals surface area contributed by atoms with E-state index in [-0.39, 0.29) is 23.6 Å². The molecule has 0 spiro atoms. The van der Waals surface area contributed by atoms with Crippen LogP contribution in [0.15, 0.2) is 29.2 Å². The second-order valence-corrected chi connectivity index (χ2v) is 7.74. The minimum atomic E-state index is -0.380. The summed E-state index contributed by atoms with van der Waals surface area (Å²) in [7, 11) is 0. The van der Waals surface area contributed by atoms with E-state index in [4.69, 9.17) is 0 Å². The highest BCUT2D eigenvalue weighted by Crippen LogP contribution is 2.32. The lowest BCUT2D eigenvalue weighted by Crippen LogP contribution is -2.45. The fourth-order valence-electron chi connectivity index (χ4n) is 2.94. The molecule has 5 nitrogen and oxygen atoms in total. The number of hydrogen-bond acceptors (Lipinski definition) is 4. The molecule has 2 saturated heterocycles. The zero-order valence-electron chi connectivity index (χ0n) is 14.5. The molecule has 2 heterocycles. The summed E-state index contributed by atoms with van der Waals surface area (Å²) in [6.45, 7) is 5.41. The minimum Gasteiger partial charge on any atom is -0.341 e. The summed E-state index contributed by atoms with van der Waals surface area (Å²) in [5.74, 6) is 0.0961. The molecule has 0 aromatic heterocycles. The first-order valence-corrected chi connectivity index (χ1v) is 9.35. The Balaban J connectivity index is 1.67. The second-order valence-electron chi connectivity index (χ2n) is 6.74. The van der Waals surface area contributed by atoms with Crippen molar-refractivity contribution in [2.75, 3.05) is 19.6 Å². The van der Waals surface area contributed by atoms with E-state index >= 15 is 0 Å². The Bertz CT molecular complexity index is 719. The van der Waals surface area contributed by atoms with E-state index in [2.05, 4.69) is 6.92 Å². The van der Waals surface area contributed by atoms with Gasteiger partial charge in [0.05, 0.1) is 4.91 Å². The number of likely N-dealkylation sites (tertiary alicyclic amines) is 1. The molecule has 3 amide bonds. The molecule has 0 radical (unpaired) electrons. The zero-order chi connectivity index (χ0) is 18.0. The van der Waals surface area contributed by atoms with E-state index in [1.807, 2.05) is 31.2 Å². The molecule has 1 aromatic carbocycles. The topological polar surface area (TPSA) is 57.7 Å². The standard InChI is InChI=1S/C19H22N2O3S/c1-13-3-5-15(6-4-13)11-16-18(23)21(19(24)25-16)12-17(22)20-9-7-14(2)8-10-20/h3-6,11,14H,7-10,12H2,1-2H3/b16-11+. The van der Waals surface area contributed by atoms with Gasteiger partial charge in [-0.15, -0.1) is 0 Å². The molecule has 1 aromatic rings. The van der Waals surface area contributed by atoms with Crippen LogP contribution in [0.3, 0.4) is 0 Å². The number of hydrogen-bond donors (Lipinski definition) is 0. The highest BCUT2D eigenvalue weighted by atomic mass is 32.2. The molecular formula is C19H22N2O3S. The Morgan fingerprint density at radius 1 is 1.20 bits per heavy atom. The minimum absolute atomic E-state index is 0.147. The van der Waals surface area contributed by atoms with Gasteiger partial charge in [0.25, 0.3) is 11.1 Å². The molecule has 0 bridgehead atoms. The van der Waals surface area contributed by atoms with Gasteiger partial charge >= 0.3 is 0 Å². The fraction of sp³-hybridized carbons (Fsp3) is 0.421. The molecule has 0 aliphatic carbocycles. The monoisotopic (exact) mass is 358 g/mol. The van der Waals surface area contributed by atoms with Crippen molar-refractivity contribution in [2.45, 2.75) is 26.7 Å². The maximum atomic E-state index is 12.5. The van der Waals surface area contributed by atoms with E-state index < -0.39 is 0 Å². The van der Waals surface area contributed by atoms with Gasteiger partial charge in [0.2, 0.25) is 5.91 Å². The molecule has 0 saturated carbocycles. The van der Waals surface area contributed by atoms with Crippen molar-refractivity contribution in [1.29, 1.82) is 0 Å². The van der Waals surface area contributed by atoms with Gasteiger partial charge in [0.15, 0.2) is 0 Å². The van der Waals surface area contributed by atoms with Crippen LogP contribution in [-0.2, 0) is 9.59 Å².